The van der Waals surface area contributed by atoms with Crippen molar-refractivity contribution in [1.82, 2.24) is 9.47 Å². The third-order valence-electron chi connectivity index (χ3n) is 6.63. The summed E-state index contributed by atoms with van der Waals surface area (Å²) in [4.78, 5) is 32.7. The molecule has 2 saturated heterocycles. The molecule has 0 radical (unpaired) electrons. The molecule has 0 atom stereocenters. The van der Waals surface area contributed by atoms with Gasteiger partial charge >= 0.3 is 0 Å². The van der Waals surface area contributed by atoms with Gasteiger partial charge in [0.2, 0.25) is 0 Å². The molecular formula is C27H30FN5O2S2. The van der Waals surface area contributed by atoms with Crippen LogP contribution in [0.1, 0.15) is 37.5 Å². The molecule has 7 nitrogen and oxygen atoms in total. The van der Waals surface area contributed by atoms with Gasteiger partial charge in [0.1, 0.15) is 27.6 Å². The van der Waals surface area contributed by atoms with E-state index < -0.39 is 0 Å². The van der Waals surface area contributed by atoms with Crippen LogP contribution in [0.3, 0.4) is 0 Å². The fourth-order valence-corrected chi connectivity index (χ4v) is 6.06. The van der Waals surface area contributed by atoms with Crippen LogP contribution in [0.2, 0.25) is 0 Å². The van der Waals surface area contributed by atoms with Gasteiger partial charge < -0.3 is 9.80 Å². The summed E-state index contributed by atoms with van der Waals surface area (Å²) >= 11 is 6.72. The molecule has 0 bridgehead atoms. The number of thiocarbonyl (C=S) groups is 1. The standard InChI is InChI=1S/C27H30FN5O2S2/c1-5-32-24(31-12-10-30(11-13-31)22-9-7-6-8-21(22)28)19(18(4)20(15-29)25(32)34)14-23-26(35)33(16-17(2)3)27(36)37-23/h6-9,14,17H,5,10-13,16H2,1-4H3. The van der Waals surface area contributed by atoms with Gasteiger partial charge in [-0.15, -0.1) is 0 Å². The fraction of sp³-hybridized carbons (Fsp3) is 0.407. The van der Waals surface area contributed by atoms with Crippen molar-refractivity contribution in [3.63, 3.8) is 0 Å². The first-order valence-corrected chi connectivity index (χ1v) is 13.6. The van der Waals surface area contributed by atoms with Crippen LogP contribution < -0.4 is 15.4 Å². The molecule has 2 aromatic rings. The molecule has 4 rings (SSSR count). The number of thioether (sulfide) groups is 1. The number of aromatic nitrogens is 1. The summed E-state index contributed by atoms with van der Waals surface area (Å²) in [5.74, 6) is 0.509. The van der Waals surface area contributed by atoms with Gasteiger partial charge in [0.25, 0.3) is 11.5 Å². The summed E-state index contributed by atoms with van der Waals surface area (Å²) in [6.07, 6.45) is 1.78. The Labute approximate surface area is 226 Å². The van der Waals surface area contributed by atoms with Gasteiger partial charge in [-0.05, 0) is 43.5 Å². The van der Waals surface area contributed by atoms with Crippen molar-refractivity contribution >= 4 is 51.8 Å². The smallest absolute Gasteiger partial charge is 0.270 e. The fourth-order valence-electron chi connectivity index (χ4n) is 4.80. The Morgan fingerprint density at radius 1 is 1.16 bits per heavy atom. The largest absolute Gasteiger partial charge is 0.366 e. The number of nitrogens with zero attached hydrogens (tertiary/aromatic N) is 5. The zero-order valence-corrected chi connectivity index (χ0v) is 23.1. The third kappa shape index (κ3) is 5.15. The number of benzene rings is 1. The summed E-state index contributed by atoms with van der Waals surface area (Å²) in [5.41, 5.74) is 1.48. The van der Waals surface area contributed by atoms with Crippen LogP contribution in [-0.2, 0) is 11.3 Å². The average molecular weight is 540 g/mol. The number of pyridine rings is 1. The number of hydrogen-bond donors (Lipinski definition) is 0. The van der Waals surface area contributed by atoms with Gasteiger partial charge in [-0.2, -0.15) is 5.26 Å². The van der Waals surface area contributed by atoms with Crippen LogP contribution in [0, 0.1) is 30.0 Å². The molecule has 3 heterocycles. The topological polar surface area (TPSA) is 72.6 Å². The maximum absolute atomic E-state index is 14.4. The predicted molar refractivity (Wildman–Crippen MR) is 151 cm³/mol. The molecule has 0 aliphatic carbocycles. The van der Waals surface area contributed by atoms with E-state index in [9.17, 15) is 19.2 Å². The minimum Gasteiger partial charge on any atom is -0.366 e. The molecule has 194 valence electrons. The Morgan fingerprint density at radius 2 is 1.81 bits per heavy atom. The van der Waals surface area contributed by atoms with Crippen LogP contribution in [0.15, 0.2) is 34.0 Å². The number of nitriles is 1. The second-order valence-electron chi connectivity index (χ2n) is 9.51. The molecule has 1 aromatic carbocycles. The van der Waals surface area contributed by atoms with Gasteiger partial charge in [0.15, 0.2) is 0 Å². The molecule has 0 N–H and O–H groups in total. The number of piperazine rings is 1. The van der Waals surface area contributed by atoms with Crippen LogP contribution in [0.5, 0.6) is 0 Å². The Hall–Kier alpha value is -3.16. The Morgan fingerprint density at radius 3 is 2.41 bits per heavy atom. The van der Waals surface area contributed by atoms with Crippen molar-refractivity contribution in [2.75, 3.05) is 42.5 Å². The van der Waals surface area contributed by atoms with E-state index in [0.29, 0.717) is 71.1 Å². The molecule has 10 heteroatoms. The highest BCUT2D eigenvalue weighted by Crippen LogP contribution is 2.36. The molecule has 1 amide bonds. The van der Waals surface area contributed by atoms with Crippen molar-refractivity contribution in [3.05, 3.63) is 62.0 Å². The zero-order valence-electron chi connectivity index (χ0n) is 21.5. The molecular weight excluding hydrogens is 509 g/mol. The van der Waals surface area contributed by atoms with Gasteiger partial charge in [0.05, 0.1) is 10.6 Å². The molecule has 2 aliphatic rings. The van der Waals surface area contributed by atoms with Crippen LogP contribution >= 0.6 is 24.0 Å². The van der Waals surface area contributed by atoms with Crippen molar-refractivity contribution in [2.24, 2.45) is 5.92 Å². The monoisotopic (exact) mass is 539 g/mol. The zero-order chi connectivity index (χ0) is 26.9. The Bertz CT molecular complexity index is 1370. The molecule has 1 aromatic heterocycles. The number of carbonyl (C=O) groups is 1. The molecule has 37 heavy (non-hydrogen) atoms. The van der Waals surface area contributed by atoms with E-state index in [4.69, 9.17) is 12.2 Å². The van der Waals surface area contributed by atoms with E-state index in [-0.39, 0.29) is 28.8 Å². The van der Waals surface area contributed by atoms with Crippen molar-refractivity contribution in [3.8, 4) is 6.07 Å². The summed E-state index contributed by atoms with van der Waals surface area (Å²) in [6.45, 7) is 10.8. The number of rotatable bonds is 6. The maximum Gasteiger partial charge on any atom is 0.270 e. The normalized spacial score (nSPS) is 17.3. The summed E-state index contributed by atoms with van der Waals surface area (Å²) < 4.78 is 16.5. The van der Waals surface area contributed by atoms with Gasteiger partial charge in [-0.3, -0.25) is 19.1 Å². The number of anilines is 2. The highest BCUT2D eigenvalue weighted by Gasteiger charge is 2.34. The lowest BCUT2D eigenvalue weighted by Gasteiger charge is -2.39. The highest BCUT2D eigenvalue weighted by molar-refractivity contribution is 8.26. The Kier molecular flexibility index (Phi) is 8.05. The average Bonchev–Trinajstić information content (AvgIpc) is 3.13. The summed E-state index contributed by atoms with van der Waals surface area (Å²) in [7, 11) is 0. The van der Waals surface area contributed by atoms with E-state index in [1.807, 2.05) is 31.7 Å². The molecule has 2 aliphatic heterocycles. The SMILES string of the molecule is CCn1c(N2CCN(c3ccccc3F)CC2)c(C=C2SC(=S)N(CC(C)C)C2=O)c(C)c(C#N)c1=O. The first-order valence-electron chi connectivity index (χ1n) is 12.3. The van der Waals surface area contributed by atoms with Gasteiger partial charge in [0, 0.05) is 44.8 Å². The lowest BCUT2D eigenvalue weighted by Crippen LogP contribution is -2.49. The lowest BCUT2D eigenvalue weighted by atomic mass is 10.0. The van der Waals surface area contributed by atoms with E-state index in [1.54, 1.807) is 34.6 Å². The number of amides is 1. The maximum atomic E-state index is 14.4. The number of halogens is 1. The van der Waals surface area contributed by atoms with E-state index in [0.717, 1.165) is 0 Å². The summed E-state index contributed by atoms with van der Waals surface area (Å²) in [5, 5.41) is 9.79. The van der Waals surface area contributed by atoms with E-state index >= 15 is 0 Å². The van der Waals surface area contributed by atoms with Crippen molar-refractivity contribution in [2.45, 2.75) is 34.2 Å². The number of para-hydroxylation sites is 1. The van der Waals surface area contributed by atoms with Gasteiger partial charge in [-0.25, -0.2) is 4.39 Å². The van der Waals surface area contributed by atoms with Gasteiger partial charge in [-0.1, -0.05) is 50.0 Å². The first-order chi connectivity index (χ1) is 17.7. The lowest BCUT2D eigenvalue weighted by molar-refractivity contribution is -0.122. The van der Waals surface area contributed by atoms with E-state index in [1.165, 1.54) is 17.8 Å². The minimum atomic E-state index is -0.349. The second kappa shape index (κ2) is 11.1. The van der Waals surface area contributed by atoms with Crippen LogP contribution in [0.25, 0.3) is 6.08 Å². The molecule has 2 fully saturated rings. The van der Waals surface area contributed by atoms with E-state index in [2.05, 4.69) is 11.0 Å². The number of carbonyl (C=O) groups excluding carboxylic acids is 1. The van der Waals surface area contributed by atoms with Crippen LogP contribution in [0.4, 0.5) is 15.9 Å². The van der Waals surface area contributed by atoms with Crippen LogP contribution in [-0.4, -0.2) is 52.4 Å². The highest BCUT2D eigenvalue weighted by atomic mass is 32.2. The second-order valence-corrected chi connectivity index (χ2v) is 11.2. The first kappa shape index (κ1) is 26.9. The molecule has 0 unspecified atom stereocenters. The molecule has 0 saturated carbocycles. The molecule has 0 spiro atoms. The quantitative estimate of drug-likeness (QED) is 0.399. The van der Waals surface area contributed by atoms with Crippen molar-refractivity contribution < 1.29 is 9.18 Å². The summed E-state index contributed by atoms with van der Waals surface area (Å²) in [6, 6.07) is 8.77. The minimum absolute atomic E-state index is 0.0690. The third-order valence-corrected chi connectivity index (χ3v) is 8.01. The Balaban J connectivity index is 1.77. The number of hydrogen-bond acceptors (Lipinski definition) is 7. The van der Waals surface area contributed by atoms with Crippen molar-refractivity contribution in [1.29, 1.82) is 5.26 Å². The predicted octanol–water partition coefficient (Wildman–Crippen LogP) is 4.37.